The molecule has 0 amide bonds. The lowest BCUT2D eigenvalue weighted by molar-refractivity contribution is 0.625. The van der Waals surface area contributed by atoms with Gasteiger partial charge in [-0.05, 0) is 46.2 Å². The van der Waals surface area contributed by atoms with E-state index in [1.54, 1.807) is 0 Å². The first-order chi connectivity index (χ1) is 17.1. The van der Waals surface area contributed by atoms with Crippen LogP contribution in [0.25, 0.3) is 12.2 Å². The largest absolute Gasteiger partial charge is 0.0800 e. The van der Waals surface area contributed by atoms with Crippen molar-refractivity contribution < 1.29 is 0 Å². The maximum absolute atomic E-state index is 2.65. The smallest absolute Gasteiger partial charge is 0.0757 e. The molecule has 1 heteroatoms. The lowest BCUT2D eigenvalue weighted by Crippen LogP contribution is -2.64. The van der Waals surface area contributed by atoms with Crippen LogP contribution in [-0.2, 0) is 22.9 Å². The zero-order valence-corrected chi connectivity index (χ0v) is 21.6. The van der Waals surface area contributed by atoms with E-state index in [1.165, 1.54) is 33.4 Å². The van der Waals surface area contributed by atoms with Gasteiger partial charge in [0.05, 0.1) is 8.07 Å². The van der Waals surface area contributed by atoms with E-state index in [1.807, 2.05) is 0 Å². The minimum Gasteiger partial charge on any atom is -0.0757 e. The Hall–Kier alpha value is -3.42. The van der Waals surface area contributed by atoms with Gasteiger partial charge in [-0.3, -0.25) is 0 Å². The summed E-state index contributed by atoms with van der Waals surface area (Å²) in [6.45, 7) is 5.30. The molecule has 2 aliphatic carbocycles. The molecule has 35 heavy (non-hydrogen) atoms. The number of allylic oxidation sites excluding steroid dienone is 2. The standard InChI is InChI=1S/C34H32Si/c1-35(2,33(25-27-13-5-3-6-14-27)23-21-29-17-9-11-19-31(29)33)34(26-28-15-7-4-8-16-28)24-22-30-18-10-12-20-32(30)34/h3-24H,25-26H2,1-2H3. The second kappa shape index (κ2) is 8.36. The lowest BCUT2D eigenvalue weighted by Gasteiger charge is -2.54. The first-order valence-electron chi connectivity index (χ1n) is 12.7. The van der Waals surface area contributed by atoms with Gasteiger partial charge in [-0.1, -0.05) is 147 Å². The molecule has 0 radical (unpaired) electrons. The highest BCUT2D eigenvalue weighted by Gasteiger charge is 2.60. The van der Waals surface area contributed by atoms with Gasteiger partial charge in [0, 0.05) is 10.1 Å². The van der Waals surface area contributed by atoms with Crippen LogP contribution in [0.3, 0.4) is 0 Å². The average Bonchev–Trinajstić information content (AvgIpc) is 3.46. The van der Waals surface area contributed by atoms with Gasteiger partial charge in [0.2, 0.25) is 0 Å². The summed E-state index contributed by atoms with van der Waals surface area (Å²) in [5.74, 6) is 0. The molecule has 0 saturated carbocycles. The third kappa shape index (κ3) is 3.33. The van der Waals surface area contributed by atoms with E-state index < -0.39 is 8.07 Å². The molecule has 0 aliphatic heterocycles. The Balaban J connectivity index is 1.60. The average molecular weight is 469 g/mol. The van der Waals surface area contributed by atoms with Gasteiger partial charge < -0.3 is 0 Å². The first-order valence-corrected chi connectivity index (χ1v) is 15.7. The van der Waals surface area contributed by atoms with E-state index >= 15 is 0 Å². The first kappa shape index (κ1) is 22.1. The van der Waals surface area contributed by atoms with Crippen LogP contribution < -0.4 is 0 Å². The maximum atomic E-state index is 2.65. The number of benzene rings is 4. The minimum atomic E-state index is -2.18. The molecular weight excluding hydrogens is 436 g/mol. The summed E-state index contributed by atoms with van der Waals surface area (Å²) in [5.41, 5.74) is 8.61. The summed E-state index contributed by atoms with van der Waals surface area (Å²) < 4.78 is 0. The van der Waals surface area contributed by atoms with Gasteiger partial charge in [0.15, 0.2) is 0 Å². The predicted octanol–water partition coefficient (Wildman–Crippen LogP) is 8.19. The van der Waals surface area contributed by atoms with E-state index in [0.29, 0.717) is 0 Å². The lowest BCUT2D eigenvalue weighted by atomic mass is 9.91. The molecule has 172 valence electrons. The summed E-state index contributed by atoms with van der Waals surface area (Å²) in [7, 11) is -2.18. The molecule has 4 aromatic rings. The summed E-state index contributed by atoms with van der Waals surface area (Å²) >= 11 is 0. The van der Waals surface area contributed by atoms with Crippen molar-refractivity contribution in [2.75, 3.05) is 0 Å². The van der Waals surface area contributed by atoms with E-state index in [4.69, 9.17) is 0 Å². The molecule has 0 N–H and O–H groups in total. The van der Waals surface area contributed by atoms with Crippen LogP contribution in [0, 0.1) is 0 Å². The van der Waals surface area contributed by atoms with Crippen LogP contribution in [0.15, 0.2) is 121 Å². The molecule has 0 aromatic heterocycles. The maximum Gasteiger partial charge on any atom is 0.0800 e. The van der Waals surface area contributed by atoms with Crippen LogP contribution in [0.2, 0.25) is 13.1 Å². The summed E-state index contributed by atoms with van der Waals surface area (Å²) in [5, 5.41) is -0.0248. The zero-order chi connectivity index (χ0) is 23.9. The van der Waals surface area contributed by atoms with Crippen molar-refractivity contribution in [1.29, 1.82) is 0 Å². The molecule has 0 heterocycles. The Labute approximate surface area is 210 Å². The van der Waals surface area contributed by atoms with Crippen LogP contribution >= 0.6 is 0 Å². The number of fused-ring (bicyclic) bond motifs is 2. The molecule has 4 aromatic carbocycles. The van der Waals surface area contributed by atoms with Crippen molar-refractivity contribution in [2.24, 2.45) is 0 Å². The molecule has 0 saturated heterocycles. The Kier molecular flexibility index (Phi) is 5.27. The van der Waals surface area contributed by atoms with Crippen molar-refractivity contribution in [3.63, 3.8) is 0 Å². The second-order valence-electron chi connectivity index (χ2n) is 10.7. The van der Waals surface area contributed by atoms with Crippen molar-refractivity contribution in [2.45, 2.75) is 36.0 Å². The molecule has 0 fully saturated rings. The van der Waals surface area contributed by atoms with Crippen LogP contribution in [-0.4, -0.2) is 8.07 Å². The van der Waals surface area contributed by atoms with E-state index in [2.05, 4.69) is 147 Å². The Morgan fingerprint density at radius 1 is 0.486 bits per heavy atom. The molecule has 2 atom stereocenters. The molecular formula is C34H32Si. The van der Waals surface area contributed by atoms with Gasteiger partial charge in [-0.15, -0.1) is 0 Å². The zero-order valence-electron chi connectivity index (χ0n) is 20.6. The second-order valence-corrected chi connectivity index (χ2v) is 15.8. The van der Waals surface area contributed by atoms with Crippen molar-refractivity contribution in [3.8, 4) is 0 Å². The van der Waals surface area contributed by atoms with Crippen molar-refractivity contribution >= 4 is 20.2 Å². The van der Waals surface area contributed by atoms with Crippen molar-refractivity contribution in [3.05, 3.63) is 155 Å². The number of hydrogen-bond acceptors (Lipinski definition) is 0. The van der Waals surface area contributed by atoms with Gasteiger partial charge >= 0.3 is 0 Å². The highest BCUT2D eigenvalue weighted by Crippen LogP contribution is 2.56. The number of rotatable bonds is 6. The van der Waals surface area contributed by atoms with E-state index in [-0.39, 0.29) is 10.1 Å². The fourth-order valence-corrected chi connectivity index (χ4v) is 11.7. The molecule has 2 aliphatic rings. The minimum absolute atomic E-state index is 0.0124. The quantitative estimate of drug-likeness (QED) is 0.250. The SMILES string of the molecule is C[Si](C)(C1(Cc2ccccc2)C=Cc2ccccc21)C1(Cc2ccccc2)C=Cc2ccccc21. The fourth-order valence-electron chi connectivity index (χ4n) is 6.81. The Bertz CT molecular complexity index is 1300. The third-order valence-electron chi connectivity index (χ3n) is 8.86. The molecule has 0 nitrogen and oxygen atoms in total. The van der Waals surface area contributed by atoms with Gasteiger partial charge in [-0.2, -0.15) is 0 Å². The molecule has 6 rings (SSSR count). The number of hydrogen-bond donors (Lipinski definition) is 0. The van der Waals surface area contributed by atoms with Crippen LogP contribution in [0.1, 0.15) is 33.4 Å². The monoisotopic (exact) mass is 468 g/mol. The van der Waals surface area contributed by atoms with Gasteiger partial charge in [0.1, 0.15) is 0 Å². The van der Waals surface area contributed by atoms with Gasteiger partial charge in [0.25, 0.3) is 0 Å². The summed E-state index contributed by atoms with van der Waals surface area (Å²) in [6, 6.07) is 40.5. The highest BCUT2D eigenvalue weighted by atomic mass is 28.3. The van der Waals surface area contributed by atoms with Gasteiger partial charge in [-0.25, -0.2) is 0 Å². The molecule has 0 bridgehead atoms. The van der Waals surface area contributed by atoms with Crippen LogP contribution in [0.5, 0.6) is 0 Å². The Morgan fingerprint density at radius 2 is 0.857 bits per heavy atom. The van der Waals surface area contributed by atoms with Crippen LogP contribution in [0.4, 0.5) is 0 Å². The summed E-state index contributed by atoms with van der Waals surface area (Å²) in [4.78, 5) is 0. The molecule has 0 spiro atoms. The molecule has 2 unspecified atom stereocenters. The highest BCUT2D eigenvalue weighted by molar-refractivity contribution is 6.84. The fraction of sp³-hybridized carbons (Fsp3) is 0.176. The normalized spacial score (nSPS) is 22.2. The predicted molar refractivity (Wildman–Crippen MR) is 152 cm³/mol. The summed E-state index contributed by atoms with van der Waals surface area (Å²) in [6.07, 6.45) is 12.0. The van der Waals surface area contributed by atoms with E-state index in [9.17, 15) is 0 Å². The third-order valence-corrected chi connectivity index (χ3v) is 14.5. The topological polar surface area (TPSA) is 0 Å². The van der Waals surface area contributed by atoms with Crippen molar-refractivity contribution in [1.82, 2.24) is 0 Å². The van der Waals surface area contributed by atoms with E-state index in [0.717, 1.165) is 12.8 Å². The Morgan fingerprint density at radius 3 is 1.29 bits per heavy atom.